The summed E-state index contributed by atoms with van der Waals surface area (Å²) >= 11 is 5.72. The summed E-state index contributed by atoms with van der Waals surface area (Å²) in [5.74, 6) is -0.775. The average Bonchev–Trinajstić information content (AvgIpc) is 2.96. The van der Waals surface area contributed by atoms with Gasteiger partial charge in [-0.15, -0.1) is 0 Å². The Hall–Kier alpha value is -2.68. The molecule has 0 aliphatic rings. The van der Waals surface area contributed by atoms with Crippen LogP contribution in [0.15, 0.2) is 18.6 Å². The second-order valence-corrected chi connectivity index (χ2v) is 4.75. The first-order valence-corrected chi connectivity index (χ1v) is 7.14. The smallest absolute Gasteiger partial charge is 0.358 e. The highest BCUT2D eigenvalue weighted by molar-refractivity contribution is 6.28. The van der Waals surface area contributed by atoms with E-state index in [4.69, 9.17) is 22.1 Å². The van der Waals surface area contributed by atoms with E-state index in [9.17, 15) is 9.59 Å². The van der Waals surface area contributed by atoms with Crippen LogP contribution in [0.4, 0.5) is 5.82 Å². The van der Waals surface area contributed by atoms with Crippen molar-refractivity contribution in [2.75, 3.05) is 18.5 Å². The monoisotopic (exact) mass is 338 g/mol. The summed E-state index contributed by atoms with van der Waals surface area (Å²) in [6, 6.07) is 1.41. The maximum absolute atomic E-state index is 11.5. The molecule has 0 aliphatic heterocycles. The number of esters is 1. The number of ether oxygens (including phenoxy) is 1. The summed E-state index contributed by atoms with van der Waals surface area (Å²) in [4.78, 5) is 34.2. The SMILES string of the molecule is CCOC(=O)c1cn(CCNc2cc(C(N)=O)nc(Cl)n2)cn1. The van der Waals surface area contributed by atoms with Crippen LogP contribution < -0.4 is 11.1 Å². The Balaban J connectivity index is 1.92. The van der Waals surface area contributed by atoms with E-state index in [0.717, 1.165) is 0 Å². The summed E-state index contributed by atoms with van der Waals surface area (Å²) in [6.07, 6.45) is 3.11. The molecular weight excluding hydrogens is 324 g/mol. The highest BCUT2D eigenvalue weighted by atomic mass is 35.5. The number of imidazole rings is 1. The molecule has 122 valence electrons. The molecule has 0 aromatic carbocycles. The predicted molar refractivity (Wildman–Crippen MR) is 82.2 cm³/mol. The van der Waals surface area contributed by atoms with E-state index in [1.54, 1.807) is 17.7 Å². The van der Waals surface area contributed by atoms with E-state index in [1.807, 2.05) is 0 Å². The summed E-state index contributed by atoms with van der Waals surface area (Å²) in [6.45, 7) is 3.00. The number of hydrogen-bond donors (Lipinski definition) is 2. The van der Waals surface area contributed by atoms with Crippen molar-refractivity contribution in [3.63, 3.8) is 0 Å². The maximum atomic E-state index is 11.5. The van der Waals surface area contributed by atoms with E-state index in [1.165, 1.54) is 12.4 Å². The van der Waals surface area contributed by atoms with Crippen molar-refractivity contribution in [1.29, 1.82) is 0 Å². The highest BCUT2D eigenvalue weighted by Gasteiger charge is 2.10. The molecule has 2 rings (SSSR count). The Kier molecular flexibility index (Phi) is 5.47. The zero-order valence-corrected chi connectivity index (χ0v) is 13.1. The van der Waals surface area contributed by atoms with Crippen molar-refractivity contribution in [3.8, 4) is 0 Å². The Morgan fingerprint density at radius 2 is 2.17 bits per heavy atom. The lowest BCUT2D eigenvalue weighted by molar-refractivity contribution is 0.0520. The molecule has 0 saturated carbocycles. The van der Waals surface area contributed by atoms with Crippen LogP contribution in [0.3, 0.4) is 0 Å². The fraction of sp³-hybridized carbons (Fsp3) is 0.308. The number of anilines is 1. The minimum atomic E-state index is -0.689. The maximum Gasteiger partial charge on any atom is 0.358 e. The molecule has 2 aromatic rings. The fourth-order valence-corrected chi connectivity index (χ4v) is 1.92. The molecular formula is C13H15ClN6O3. The Labute approximate surface area is 136 Å². The first kappa shape index (κ1) is 16.7. The fourth-order valence-electron chi connectivity index (χ4n) is 1.74. The molecule has 10 heteroatoms. The van der Waals surface area contributed by atoms with Crippen LogP contribution in [-0.2, 0) is 11.3 Å². The Bertz CT molecular complexity index is 717. The Morgan fingerprint density at radius 3 is 2.87 bits per heavy atom. The van der Waals surface area contributed by atoms with Crippen molar-refractivity contribution in [1.82, 2.24) is 19.5 Å². The zero-order chi connectivity index (χ0) is 16.8. The van der Waals surface area contributed by atoms with Gasteiger partial charge in [-0.3, -0.25) is 4.79 Å². The van der Waals surface area contributed by atoms with Crippen molar-refractivity contribution < 1.29 is 14.3 Å². The number of nitrogens with two attached hydrogens (primary N) is 1. The van der Waals surface area contributed by atoms with Gasteiger partial charge in [-0.25, -0.2) is 19.7 Å². The number of amides is 1. The van der Waals surface area contributed by atoms with Gasteiger partial charge in [0.2, 0.25) is 5.28 Å². The summed E-state index contributed by atoms with van der Waals surface area (Å²) in [7, 11) is 0. The van der Waals surface area contributed by atoms with Crippen LogP contribution in [-0.4, -0.2) is 44.5 Å². The molecule has 1 amide bonds. The molecule has 0 fully saturated rings. The van der Waals surface area contributed by atoms with Gasteiger partial charge in [-0.1, -0.05) is 0 Å². The van der Waals surface area contributed by atoms with Crippen molar-refractivity contribution in [2.24, 2.45) is 5.73 Å². The third-order valence-corrected chi connectivity index (χ3v) is 2.91. The first-order valence-electron chi connectivity index (χ1n) is 6.76. The van der Waals surface area contributed by atoms with E-state index in [-0.39, 0.29) is 16.7 Å². The van der Waals surface area contributed by atoms with Gasteiger partial charge in [0, 0.05) is 25.4 Å². The van der Waals surface area contributed by atoms with E-state index < -0.39 is 11.9 Å². The van der Waals surface area contributed by atoms with Crippen LogP contribution in [0.1, 0.15) is 27.9 Å². The lowest BCUT2D eigenvalue weighted by Crippen LogP contribution is -2.16. The highest BCUT2D eigenvalue weighted by Crippen LogP contribution is 2.10. The van der Waals surface area contributed by atoms with E-state index >= 15 is 0 Å². The van der Waals surface area contributed by atoms with Crippen LogP contribution in [0.25, 0.3) is 0 Å². The van der Waals surface area contributed by atoms with Gasteiger partial charge in [-0.05, 0) is 18.5 Å². The van der Waals surface area contributed by atoms with Gasteiger partial charge in [0.1, 0.15) is 11.5 Å². The molecule has 0 atom stereocenters. The van der Waals surface area contributed by atoms with Crippen LogP contribution >= 0.6 is 11.6 Å². The topological polar surface area (TPSA) is 125 Å². The predicted octanol–water partition coefficient (Wildman–Crippen LogP) is 0.714. The molecule has 23 heavy (non-hydrogen) atoms. The molecule has 9 nitrogen and oxygen atoms in total. The zero-order valence-electron chi connectivity index (χ0n) is 12.3. The molecule has 0 radical (unpaired) electrons. The van der Waals surface area contributed by atoms with Gasteiger partial charge >= 0.3 is 5.97 Å². The van der Waals surface area contributed by atoms with E-state index in [2.05, 4.69) is 20.3 Å². The summed E-state index contributed by atoms with van der Waals surface area (Å²) < 4.78 is 6.58. The first-order chi connectivity index (χ1) is 11.0. The van der Waals surface area contributed by atoms with Crippen LogP contribution in [0.5, 0.6) is 0 Å². The number of carbonyl (C=O) groups excluding carboxylic acids is 2. The minimum absolute atomic E-state index is 0.0275. The molecule has 0 aliphatic carbocycles. The molecule has 0 saturated heterocycles. The lowest BCUT2D eigenvalue weighted by atomic mass is 10.4. The number of hydrogen-bond acceptors (Lipinski definition) is 7. The van der Waals surface area contributed by atoms with Crippen molar-refractivity contribution in [3.05, 3.63) is 35.3 Å². The molecule has 0 unspecified atom stereocenters. The number of nitrogens with one attached hydrogen (secondary N) is 1. The second-order valence-electron chi connectivity index (χ2n) is 4.42. The number of nitrogens with zero attached hydrogens (tertiary/aromatic N) is 4. The molecule has 3 N–H and O–H groups in total. The molecule has 2 heterocycles. The number of aromatic nitrogens is 4. The number of halogens is 1. The minimum Gasteiger partial charge on any atom is -0.461 e. The summed E-state index contributed by atoms with van der Waals surface area (Å²) in [5, 5.41) is 2.91. The van der Waals surface area contributed by atoms with Crippen LogP contribution in [0, 0.1) is 0 Å². The lowest BCUT2D eigenvalue weighted by Gasteiger charge is -2.07. The van der Waals surface area contributed by atoms with Gasteiger partial charge in [0.15, 0.2) is 5.69 Å². The van der Waals surface area contributed by atoms with Gasteiger partial charge < -0.3 is 20.4 Å². The number of primary amides is 1. The molecule has 0 bridgehead atoms. The molecule has 2 aromatic heterocycles. The largest absolute Gasteiger partial charge is 0.461 e. The van der Waals surface area contributed by atoms with Gasteiger partial charge in [0.25, 0.3) is 5.91 Å². The third-order valence-electron chi connectivity index (χ3n) is 2.75. The number of carbonyl (C=O) groups is 2. The van der Waals surface area contributed by atoms with E-state index in [0.29, 0.717) is 25.5 Å². The number of rotatable bonds is 7. The van der Waals surface area contributed by atoms with Crippen LogP contribution in [0.2, 0.25) is 5.28 Å². The normalized spacial score (nSPS) is 10.3. The summed E-state index contributed by atoms with van der Waals surface area (Å²) in [5.41, 5.74) is 5.43. The average molecular weight is 339 g/mol. The Morgan fingerprint density at radius 1 is 1.39 bits per heavy atom. The second kappa shape index (κ2) is 7.54. The van der Waals surface area contributed by atoms with Crippen molar-refractivity contribution in [2.45, 2.75) is 13.5 Å². The molecule has 0 spiro atoms. The van der Waals surface area contributed by atoms with Gasteiger partial charge in [-0.2, -0.15) is 0 Å². The quantitative estimate of drug-likeness (QED) is 0.562. The van der Waals surface area contributed by atoms with Gasteiger partial charge in [0.05, 0.1) is 12.9 Å². The third kappa shape index (κ3) is 4.65. The standard InChI is InChI=1S/C13H15ClN6O3/c1-2-23-12(22)9-6-20(7-17-9)4-3-16-10-5-8(11(15)21)18-13(14)19-10/h5-7H,2-4H2,1H3,(H2,15,21)(H,16,18,19). The van der Waals surface area contributed by atoms with Crippen molar-refractivity contribution >= 4 is 29.3 Å².